The van der Waals surface area contributed by atoms with Crippen molar-refractivity contribution in [3.63, 3.8) is 0 Å². The summed E-state index contributed by atoms with van der Waals surface area (Å²) in [6.45, 7) is 6.45. The van der Waals surface area contributed by atoms with E-state index in [1.165, 1.54) is 5.56 Å². The Bertz CT molecular complexity index is 354. The van der Waals surface area contributed by atoms with Crippen molar-refractivity contribution in [2.45, 2.75) is 26.0 Å². The number of nitrogens with one attached hydrogen (secondary N) is 1. The molecule has 3 nitrogen and oxygen atoms in total. The van der Waals surface area contributed by atoms with Crippen LogP contribution in [0, 0.1) is 0 Å². The van der Waals surface area contributed by atoms with Crippen LogP contribution >= 0.6 is 0 Å². The Morgan fingerprint density at radius 1 is 1.47 bits per heavy atom. The Balaban J connectivity index is 1.92. The summed E-state index contributed by atoms with van der Waals surface area (Å²) in [7, 11) is 1.96. The predicted octanol–water partition coefficient (Wildman–Crippen LogP) is 1.88. The van der Waals surface area contributed by atoms with Crippen molar-refractivity contribution in [1.29, 1.82) is 0 Å². The average molecular weight is 234 g/mol. The van der Waals surface area contributed by atoms with Crippen molar-refractivity contribution in [2.75, 3.05) is 26.7 Å². The lowest BCUT2D eigenvalue weighted by Gasteiger charge is -2.15. The average Bonchev–Trinajstić information content (AvgIpc) is 2.78. The summed E-state index contributed by atoms with van der Waals surface area (Å²) >= 11 is 0. The van der Waals surface area contributed by atoms with E-state index >= 15 is 0 Å². The number of nitrogens with zero attached hydrogens (tertiary/aromatic N) is 1. The van der Waals surface area contributed by atoms with Gasteiger partial charge in [-0.2, -0.15) is 0 Å². The molecule has 0 saturated carbocycles. The van der Waals surface area contributed by atoms with Crippen LogP contribution in [0.1, 0.15) is 18.9 Å². The van der Waals surface area contributed by atoms with Crippen LogP contribution in [-0.2, 0) is 6.54 Å². The zero-order valence-electron chi connectivity index (χ0n) is 10.8. The minimum atomic E-state index is 0.361. The fourth-order valence-corrected chi connectivity index (χ4v) is 2.31. The highest BCUT2D eigenvalue weighted by molar-refractivity contribution is 5.28. The molecule has 0 amide bonds. The van der Waals surface area contributed by atoms with Gasteiger partial charge in [0, 0.05) is 19.6 Å². The molecule has 0 aliphatic carbocycles. The SMILES string of the molecule is CCN1CCC(Oc2cccc(CNC)c2)C1. The van der Waals surface area contributed by atoms with Gasteiger partial charge < -0.3 is 10.1 Å². The van der Waals surface area contributed by atoms with Gasteiger partial charge in [0.2, 0.25) is 0 Å². The van der Waals surface area contributed by atoms with Crippen molar-refractivity contribution >= 4 is 0 Å². The Morgan fingerprint density at radius 2 is 2.35 bits per heavy atom. The summed E-state index contributed by atoms with van der Waals surface area (Å²) in [6.07, 6.45) is 1.50. The second-order valence-corrected chi connectivity index (χ2v) is 4.60. The van der Waals surface area contributed by atoms with E-state index in [1.54, 1.807) is 0 Å². The fraction of sp³-hybridized carbons (Fsp3) is 0.571. The zero-order chi connectivity index (χ0) is 12.1. The second kappa shape index (κ2) is 6.03. The van der Waals surface area contributed by atoms with Crippen LogP contribution in [0.5, 0.6) is 5.75 Å². The van der Waals surface area contributed by atoms with Gasteiger partial charge in [-0.3, -0.25) is 4.90 Å². The predicted molar refractivity (Wildman–Crippen MR) is 70.4 cm³/mol. The Kier molecular flexibility index (Phi) is 4.40. The van der Waals surface area contributed by atoms with Gasteiger partial charge in [-0.1, -0.05) is 19.1 Å². The number of ether oxygens (including phenoxy) is 1. The number of rotatable bonds is 5. The number of hydrogen-bond acceptors (Lipinski definition) is 3. The summed E-state index contributed by atoms with van der Waals surface area (Å²) in [6, 6.07) is 8.36. The molecule has 2 rings (SSSR count). The van der Waals surface area contributed by atoms with E-state index in [2.05, 4.69) is 35.3 Å². The minimum absolute atomic E-state index is 0.361. The van der Waals surface area contributed by atoms with Crippen molar-refractivity contribution in [2.24, 2.45) is 0 Å². The molecule has 3 heteroatoms. The lowest BCUT2D eigenvalue weighted by atomic mass is 10.2. The molecule has 1 aromatic rings. The molecule has 1 heterocycles. The first-order chi connectivity index (χ1) is 8.31. The van der Waals surface area contributed by atoms with Gasteiger partial charge in [0.1, 0.15) is 11.9 Å². The molecule has 94 valence electrons. The molecular formula is C14H22N2O. The quantitative estimate of drug-likeness (QED) is 0.842. The van der Waals surface area contributed by atoms with Crippen LogP contribution in [0.25, 0.3) is 0 Å². The first-order valence-corrected chi connectivity index (χ1v) is 6.44. The summed E-state index contributed by atoms with van der Waals surface area (Å²) in [4.78, 5) is 2.43. The fourth-order valence-electron chi connectivity index (χ4n) is 2.31. The lowest BCUT2D eigenvalue weighted by molar-refractivity contribution is 0.202. The summed E-state index contributed by atoms with van der Waals surface area (Å²) in [5.74, 6) is 1.00. The molecule has 1 aromatic carbocycles. The van der Waals surface area contributed by atoms with E-state index in [4.69, 9.17) is 4.74 Å². The second-order valence-electron chi connectivity index (χ2n) is 4.60. The van der Waals surface area contributed by atoms with Crippen LogP contribution < -0.4 is 10.1 Å². The molecule has 1 atom stereocenters. The van der Waals surface area contributed by atoms with E-state index in [0.717, 1.165) is 38.3 Å². The van der Waals surface area contributed by atoms with E-state index in [1.807, 2.05) is 13.1 Å². The van der Waals surface area contributed by atoms with Gasteiger partial charge in [-0.05, 0) is 37.7 Å². The van der Waals surface area contributed by atoms with Crippen molar-refractivity contribution in [1.82, 2.24) is 10.2 Å². The third kappa shape index (κ3) is 3.45. The largest absolute Gasteiger partial charge is 0.489 e. The summed E-state index contributed by atoms with van der Waals surface area (Å²) < 4.78 is 6.02. The van der Waals surface area contributed by atoms with E-state index in [-0.39, 0.29) is 0 Å². The first-order valence-electron chi connectivity index (χ1n) is 6.44. The molecule has 1 aliphatic rings. The van der Waals surface area contributed by atoms with Crippen molar-refractivity contribution in [3.8, 4) is 5.75 Å². The van der Waals surface area contributed by atoms with Crippen LogP contribution in [0.15, 0.2) is 24.3 Å². The zero-order valence-corrected chi connectivity index (χ0v) is 10.8. The van der Waals surface area contributed by atoms with Gasteiger partial charge in [-0.15, -0.1) is 0 Å². The molecule has 0 spiro atoms. The van der Waals surface area contributed by atoms with Gasteiger partial charge in [-0.25, -0.2) is 0 Å². The minimum Gasteiger partial charge on any atom is -0.489 e. The molecule has 1 aliphatic heterocycles. The third-order valence-corrected chi connectivity index (χ3v) is 3.26. The Hall–Kier alpha value is -1.06. The number of likely N-dealkylation sites (N-methyl/N-ethyl adjacent to an activating group) is 1. The lowest BCUT2D eigenvalue weighted by Crippen LogP contribution is -2.24. The van der Waals surface area contributed by atoms with E-state index in [9.17, 15) is 0 Å². The van der Waals surface area contributed by atoms with Crippen LogP contribution in [0.2, 0.25) is 0 Å². The topological polar surface area (TPSA) is 24.5 Å². The Labute approximate surface area is 104 Å². The van der Waals surface area contributed by atoms with Gasteiger partial charge >= 0.3 is 0 Å². The highest BCUT2D eigenvalue weighted by atomic mass is 16.5. The normalized spacial score (nSPS) is 20.7. The van der Waals surface area contributed by atoms with Crippen LogP contribution in [0.4, 0.5) is 0 Å². The molecule has 1 fully saturated rings. The number of hydrogen-bond donors (Lipinski definition) is 1. The van der Waals surface area contributed by atoms with Crippen molar-refractivity contribution < 1.29 is 4.74 Å². The highest BCUT2D eigenvalue weighted by Gasteiger charge is 2.22. The molecule has 0 radical (unpaired) electrons. The molecule has 0 bridgehead atoms. The Morgan fingerprint density at radius 3 is 3.06 bits per heavy atom. The van der Waals surface area contributed by atoms with Crippen LogP contribution in [-0.4, -0.2) is 37.7 Å². The summed E-state index contributed by atoms with van der Waals surface area (Å²) in [5.41, 5.74) is 1.27. The number of likely N-dealkylation sites (tertiary alicyclic amines) is 1. The highest BCUT2D eigenvalue weighted by Crippen LogP contribution is 2.19. The molecular weight excluding hydrogens is 212 g/mol. The molecule has 1 unspecified atom stereocenters. The maximum Gasteiger partial charge on any atom is 0.120 e. The molecule has 1 saturated heterocycles. The van der Waals surface area contributed by atoms with Gasteiger partial charge in [0.25, 0.3) is 0 Å². The van der Waals surface area contributed by atoms with Crippen molar-refractivity contribution in [3.05, 3.63) is 29.8 Å². The van der Waals surface area contributed by atoms with E-state index < -0.39 is 0 Å². The maximum atomic E-state index is 6.02. The smallest absolute Gasteiger partial charge is 0.120 e. The maximum absolute atomic E-state index is 6.02. The molecule has 0 aromatic heterocycles. The van der Waals surface area contributed by atoms with Gasteiger partial charge in [0.05, 0.1) is 0 Å². The van der Waals surface area contributed by atoms with E-state index in [0.29, 0.717) is 6.10 Å². The molecule has 17 heavy (non-hydrogen) atoms. The first kappa shape index (κ1) is 12.4. The monoisotopic (exact) mass is 234 g/mol. The van der Waals surface area contributed by atoms with Crippen LogP contribution in [0.3, 0.4) is 0 Å². The summed E-state index contributed by atoms with van der Waals surface area (Å²) in [5, 5.41) is 3.16. The number of benzene rings is 1. The molecule has 1 N–H and O–H groups in total. The third-order valence-electron chi connectivity index (χ3n) is 3.26. The van der Waals surface area contributed by atoms with Gasteiger partial charge in [0.15, 0.2) is 0 Å². The standard InChI is InChI=1S/C14H22N2O/c1-3-16-8-7-14(11-16)17-13-6-4-5-12(9-13)10-15-2/h4-6,9,14-15H,3,7-8,10-11H2,1-2H3.